The van der Waals surface area contributed by atoms with Gasteiger partial charge in [-0.2, -0.15) is 0 Å². The first-order valence-electron chi connectivity index (χ1n) is 9.65. The van der Waals surface area contributed by atoms with Gasteiger partial charge >= 0.3 is 6.01 Å². The fourth-order valence-corrected chi connectivity index (χ4v) is 3.85. The highest BCUT2D eigenvalue weighted by molar-refractivity contribution is 5.96. The lowest BCUT2D eigenvalue weighted by atomic mass is 10.1. The molecule has 9 nitrogen and oxygen atoms in total. The third kappa shape index (κ3) is 3.52. The SMILES string of the molecule is CN1CCCC(Nc2ccnc(-c3c[nH]c4ccc(-c5nnc(N)o5)cc34)n2)C1. The summed E-state index contributed by atoms with van der Waals surface area (Å²) in [6.07, 6.45) is 6.05. The van der Waals surface area contributed by atoms with E-state index in [1.165, 1.54) is 6.42 Å². The van der Waals surface area contributed by atoms with Crippen molar-refractivity contribution in [3.8, 4) is 22.8 Å². The number of nitrogens with one attached hydrogen (secondary N) is 2. The number of hydrogen-bond donors (Lipinski definition) is 3. The van der Waals surface area contributed by atoms with Crippen LogP contribution in [0.1, 0.15) is 12.8 Å². The van der Waals surface area contributed by atoms with Crippen LogP contribution in [0.15, 0.2) is 41.1 Å². The number of H-pyrrole nitrogens is 1. The highest BCUT2D eigenvalue weighted by atomic mass is 16.4. The topological polar surface area (TPSA) is 122 Å². The minimum absolute atomic E-state index is 0.0462. The molecule has 9 heteroatoms. The summed E-state index contributed by atoms with van der Waals surface area (Å²) in [7, 11) is 2.15. The predicted octanol–water partition coefficient (Wildman–Crippen LogP) is 2.76. The maximum atomic E-state index is 5.56. The van der Waals surface area contributed by atoms with Crippen molar-refractivity contribution in [3.63, 3.8) is 0 Å². The number of fused-ring (bicyclic) bond motifs is 1. The molecule has 1 aliphatic rings. The van der Waals surface area contributed by atoms with Gasteiger partial charge in [-0.3, -0.25) is 0 Å². The number of benzene rings is 1. The van der Waals surface area contributed by atoms with Gasteiger partial charge in [0, 0.05) is 47.0 Å². The first-order chi connectivity index (χ1) is 14.2. The summed E-state index contributed by atoms with van der Waals surface area (Å²) in [6.45, 7) is 2.17. The Kier molecular flexibility index (Phi) is 4.36. The van der Waals surface area contributed by atoms with Crippen molar-refractivity contribution in [1.29, 1.82) is 0 Å². The molecule has 1 atom stereocenters. The molecule has 0 aliphatic carbocycles. The zero-order valence-electron chi connectivity index (χ0n) is 16.1. The van der Waals surface area contributed by atoms with Gasteiger partial charge in [0.15, 0.2) is 5.82 Å². The van der Waals surface area contributed by atoms with Gasteiger partial charge in [-0.05, 0) is 50.7 Å². The van der Waals surface area contributed by atoms with Crippen LogP contribution in [0.3, 0.4) is 0 Å². The molecule has 0 amide bonds. The molecule has 4 N–H and O–H groups in total. The van der Waals surface area contributed by atoms with Gasteiger partial charge in [-0.1, -0.05) is 5.10 Å². The Morgan fingerprint density at radius 1 is 1.28 bits per heavy atom. The van der Waals surface area contributed by atoms with Crippen LogP contribution >= 0.6 is 0 Å². The smallest absolute Gasteiger partial charge is 0.313 e. The van der Waals surface area contributed by atoms with E-state index in [0.717, 1.165) is 47.4 Å². The molecule has 0 saturated carbocycles. The third-order valence-electron chi connectivity index (χ3n) is 5.24. The first kappa shape index (κ1) is 17.6. The van der Waals surface area contributed by atoms with Crippen LogP contribution in [-0.4, -0.2) is 56.2 Å². The van der Waals surface area contributed by atoms with Crippen LogP contribution in [-0.2, 0) is 0 Å². The maximum Gasteiger partial charge on any atom is 0.313 e. The average molecular weight is 390 g/mol. The lowest BCUT2D eigenvalue weighted by Crippen LogP contribution is -2.39. The Labute approximate surface area is 167 Å². The number of hydrogen-bond acceptors (Lipinski definition) is 8. The van der Waals surface area contributed by atoms with Crippen LogP contribution < -0.4 is 11.1 Å². The van der Waals surface area contributed by atoms with E-state index in [9.17, 15) is 0 Å². The normalized spacial score (nSPS) is 17.6. The monoisotopic (exact) mass is 390 g/mol. The summed E-state index contributed by atoms with van der Waals surface area (Å²) in [5.74, 6) is 1.88. The van der Waals surface area contributed by atoms with Crippen LogP contribution in [0.5, 0.6) is 0 Å². The number of nitrogen functional groups attached to an aromatic ring is 1. The van der Waals surface area contributed by atoms with E-state index in [1.54, 1.807) is 6.20 Å². The molecule has 0 spiro atoms. The fraction of sp³-hybridized carbons (Fsp3) is 0.300. The average Bonchev–Trinajstić information content (AvgIpc) is 3.34. The van der Waals surface area contributed by atoms with Gasteiger partial charge in [-0.15, -0.1) is 5.10 Å². The molecule has 1 saturated heterocycles. The van der Waals surface area contributed by atoms with E-state index in [4.69, 9.17) is 15.1 Å². The molecule has 1 fully saturated rings. The van der Waals surface area contributed by atoms with Gasteiger partial charge in [0.25, 0.3) is 0 Å². The maximum absolute atomic E-state index is 5.56. The van der Waals surface area contributed by atoms with Gasteiger partial charge < -0.3 is 25.4 Å². The molecule has 1 unspecified atom stereocenters. The van der Waals surface area contributed by atoms with Gasteiger partial charge in [0.05, 0.1) is 0 Å². The van der Waals surface area contributed by atoms with E-state index >= 15 is 0 Å². The van der Waals surface area contributed by atoms with Crippen molar-refractivity contribution in [2.45, 2.75) is 18.9 Å². The Morgan fingerprint density at radius 2 is 2.21 bits per heavy atom. The highest BCUT2D eigenvalue weighted by Crippen LogP contribution is 2.31. The van der Waals surface area contributed by atoms with E-state index in [-0.39, 0.29) is 6.01 Å². The summed E-state index contributed by atoms with van der Waals surface area (Å²) < 4.78 is 5.35. The Balaban J connectivity index is 1.47. The van der Waals surface area contributed by atoms with Crippen LogP contribution in [0.4, 0.5) is 11.8 Å². The van der Waals surface area contributed by atoms with E-state index in [2.05, 4.69) is 37.4 Å². The second-order valence-electron chi connectivity index (χ2n) is 7.42. The number of rotatable bonds is 4. The number of nitrogens with zero attached hydrogens (tertiary/aromatic N) is 5. The molecular weight excluding hydrogens is 368 g/mol. The molecule has 3 aromatic heterocycles. The van der Waals surface area contributed by atoms with Crippen LogP contribution in [0, 0.1) is 0 Å². The molecule has 0 radical (unpaired) electrons. The largest absolute Gasteiger partial charge is 0.404 e. The third-order valence-corrected chi connectivity index (χ3v) is 5.24. The minimum atomic E-state index is 0.0462. The highest BCUT2D eigenvalue weighted by Gasteiger charge is 2.18. The van der Waals surface area contributed by atoms with E-state index in [1.807, 2.05) is 30.5 Å². The number of aromatic nitrogens is 5. The molecule has 4 aromatic rings. The fourth-order valence-electron chi connectivity index (χ4n) is 3.85. The van der Waals surface area contributed by atoms with E-state index < -0.39 is 0 Å². The molecule has 1 aliphatic heterocycles. The summed E-state index contributed by atoms with van der Waals surface area (Å²) in [5, 5.41) is 12.2. The van der Waals surface area contributed by atoms with Crippen molar-refractivity contribution in [2.75, 3.05) is 31.2 Å². The van der Waals surface area contributed by atoms with Crippen molar-refractivity contribution in [3.05, 3.63) is 36.7 Å². The molecule has 148 valence electrons. The van der Waals surface area contributed by atoms with Crippen molar-refractivity contribution < 1.29 is 4.42 Å². The van der Waals surface area contributed by atoms with Gasteiger partial charge in [0.1, 0.15) is 5.82 Å². The zero-order valence-corrected chi connectivity index (χ0v) is 16.1. The number of likely N-dealkylation sites (N-methyl/N-ethyl adjacent to an activating group) is 1. The molecule has 29 heavy (non-hydrogen) atoms. The molecule has 4 heterocycles. The zero-order chi connectivity index (χ0) is 19.8. The number of anilines is 2. The Hall–Kier alpha value is -3.46. The minimum Gasteiger partial charge on any atom is -0.404 e. The molecular formula is C20H22N8O. The molecule has 5 rings (SSSR count). The summed E-state index contributed by atoms with van der Waals surface area (Å²) in [6, 6.07) is 8.22. The predicted molar refractivity (Wildman–Crippen MR) is 111 cm³/mol. The lowest BCUT2D eigenvalue weighted by Gasteiger charge is -2.30. The van der Waals surface area contributed by atoms with E-state index in [0.29, 0.717) is 17.8 Å². The Morgan fingerprint density at radius 3 is 3.03 bits per heavy atom. The second-order valence-corrected chi connectivity index (χ2v) is 7.42. The standard InChI is InChI=1S/C20H22N8O/c1-28-8-2-3-13(11-28)24-17-6-7-22-18(25-17)15-10-23-16-5-4-12(9-14(15)16)19-26-27-20(21)29-19/h4-7,9-10,13,23H,2-3,8,11H2,1H3,(H2,21,27)(H,22,24,25). The lowest BCUT2D eigenvalue weighted by molar-refractivity contribution is 0.261. The number of piperidine rings is 1. The number of likely N-dealkylation sites (tertiary alicyclic amines) is 1. The second kappa shape index (κ2) is 7.17. The van der Waals surface area contributed by atoms with Crippen molar-refractivity contribution in [2.24, 2.45) is 0 Å². The van der Waals surface area contributed by atoms with Crippen LogP contribution in [0.25, 0.3) is 33.7 Å². The number of nitrogens with two attached hydrogens (primary N) is 1. The van der Waals surface area contributed by atoms with Crippen molar-refractivity contribution >= 4 is 22.7 Å². The molecule has 0 bridgehead atoms. The quantitative estimate of drug-likeness (QED) is 0.486. The molecule has 1 aromatic carbocycles. The van der Waals surface area contributed by atoms with Crippen molar-refractivity contribution in [1.82, 2.24) is 30.0 Å². The Bertz CT molecular complexity index is 1150. The number of aromatic amines is 1. The van der Waals surface area contributed by atoms with Gasteiger partial charge in [-0.25, -0.2) is 9.97 Å². The summed E-state index contributed by atoms with van der Waals surface area (Å²) in [4.78, 5) is 14.9. The first-order valence-corrected chi connectivity index (χ1v) is 9.65. The van der Waals surface area contributed by atoms with Crippen LogP contribution in [0.2, 0.25) is 0 Å². The summed E-state index contributed by atoms with van der Waals surface area (Å²) >= 11 is 0. The summed E-state index contributed by atoms with van der Waals surface area (Å²) in [5.41, 5.74) is 8.24. The van der Waals surface area contributed by atoms with Gasteiger partial charge in [0.2, 0.25) is 5.89 Å².